The Morgan fingerprint density at radius 1 is 1.03 bits per heavy atom. The Balaban J connectivity index is 1.66. The van der Waals surface area contributed by atoms with Gasteiger partial charge in [-0.1, -0.05) is 32.0 Å². The number of nitrogens with zero attached hydrogens (tertiary/aromatic N) is 3. The molecule has 1 N–H and O–H groups in total. The summed E-state index contributed by atoms with van der Waals surface area (Å²) in [6.45, 7) is 8.25. The minimum Gasteiger partial charge on any atom is -0.336 e. The number of hydrogen-bond donors (Lipinski definition) is 1. The Kier molecular flexibility index (Phi) is 6.98. The van der Waals surface area contributed by atoms with Crippen LogP contribution in [0, 0.1) is 24.2 Å². The molecule has 1 aliphatic heterocycles. The van der Waals surface area contributed by atoms with Crippen molar-refractivity contribution in [1.82, 2.24) is 9.80 Å². The second kappa shape index (κ2) is 9.50. The Morgan fingerprint density at radius 3 is 2.19 bits per heavy atom. The fraction of sp³-hybridized carbons (Fsp3) is 0.391. The van der Waals surface area contributed by atoms with Crippen LogP contribution in [0.3, 0.4) is 0 Å². The van der Waals surface area contributed by atoms with Crippen molar-refractivity contribution in [3.05, 3.63) is 59.7 Å². The highest BCUT2D eigenvalue weighted by Gasteiger charge is 2.28. The number of rotatable bonds is 6. The van der Waals surface area contributed by atoms with Crippen molar-refractivity contribution in [3.8, 4) is 6.07 Å². The third kappa shape index (κ3) is 5.24. The van der Waals surface area contributed by atoms with Gasteiger partial charge in [0.15, 0.2) is 0 Å². The number of aryl methyl sites for hydroxylation is 1. The van der Waals surface area contributed by atoms with Crippen molar-refractivity contribution >= 4 is 21.6 Å². The molecule has 0 aromatic heterocycles. The average molecular weight is 441 g/mol. The summed E-state index contributed by atoms with van der Waals surface area (Å²) in [6, 6.07) is 15.4. The maximum atomic E-state index is 12.9. The van der Waals surface area contributed by atoms with E-state index < -0.39 is 10.0 Å². The summed E-state index contributed by atoms with van der Waals surface area (Å²) in [4.78, 5) is 16.8. The van der Waals surface area contributed by atoms with E-state index in [4.69, 9.17) is 0 Å². The third-order valence-electron chi connectivity index (χ3n) is 5.56. The molecule has 8 heteroatoms. The molecule has 0 radical (unpaired) electrons. The fourth-order valence-electron chi connectivity index (χ4n) is 3.71. The number of sulfonamides is 1. The number of piperazine rings is 1. The molecule has 31 heavy (non-hydrogen) atoms. The maximum Gasteiger partial charge on any atom is 0.261 e. The van der Waals surface area contributed by atoms with E-state index in [-0.39, 0.29) is 22.8 Å². The summed E-state index contributed by atoms with van der Waals surface area (Å²) < 4.78 is 28.0. The molecule has 2 aromatic carbocycles. The van der Waals surface area contributed by atoms with E-state index >= 15 is 0 Å². The number of anilines is 1. The van der Waals surface area contributed by atoms with E-state index in [0.717, 1.165) is 5.56 Å². The van der Waals surface area contributed by atoms with Gasteiger partial charge in [0.2, 0.25) is 0 Å². The van der Waals surface area contributed by atoms with Gasteiger partial charge in [0.1, 0.15) is 6.04 Å². The van der Waals surface area contributed by atoms with E-state index in [2.05, 4.69) is 15.7 Å². The first-order chi connectivity index (χ1) is 14.7. The second-order valence-electron chi connectivity index (χ2n) is 8.09. The number of carbonyl (C=O) groups is 1. The van der Waals surface area contributed by atoms with Gasteiger partial charge in [-0.05, 0) is 48.7 Å². The Bertz CT molecular complexity index is 1070. The van der Waals surface area contributed by atoms with Crippen molar-refractivity contribution in [1.29, 1.82) is 5.26 Å². The molecule has 3 rings (SSSR count). The number of benzene rings is 2. The lowest BCUT2D eigenvalue weighted by Crippen LogP contribution is -2.52. The smallest absolute Gasteiger partial charge is 0.261 e. The van der Waals surface area contributed by atoms with Crippen molar-refractivity contribution < 1.29 is 13.2 Å². The van der Waals surface area contributed by atoms with Crippen molar-refractivity contribution in [3.63, 3.8) is 0 Å². The lowest BCUT2D eigenvalue weighted by atomic mass is 10.0. The van der Waals surface area contributed by atoms with Gasteiger partial charge >= 0.3 is 0 Å². The molecular formula is C23H28N4O3S. The molecule has 1 unspecified atom stereocenters. The maximum absolute atomic E-state index is 12.9. The topological polar surface area (TPSA) is 93.5 Å². The van der Waals surface area contributed by atoms with Crippen LogP contribution in [0.4, 0.5) is 5.69 Å². The molecule has 1 amide bonds. The number of amides is 1. The third-order valence-corrected chi connectivity index (χ3v) is 6.94. The first-order valence-corrected chi connectivity index (χ1v) is 11.8. The van der Waals surface area contributed by atoms with Crippen LogP contribution in [0.5, 0.6) is 0 Å². The molecule has 1 heterocycles. The SMILES string of the molecule is Cc1ccccc1NS(=O)(=O)c1ccc(C(=O)N2CCN(C(C#N)C(C)C)CC2)cc1. The van der Waals surface area contributed by atoms with Crippen LogP contribution in [0.1, 0.15) is 29.8 Å². The summed E-state index contributed by atoms with van der Waals surface area (Å²) >= 11 is 0. The first kappa shape index (κ1) is 22.8. The van der Waals surface area contributed by atoms with Crippen LogP contribution >= 0.6 is 0 Å². The van der Waals surface area contributed by atoms with E-state index in [1.807, 2.05) is 32.9 Å². The summed E-state index contributed by atoms with van der Waals surface area (Å²) in [5, 5.41) is 9.38. The van der Waals surface area contributed by atoms with Crippen LogP contribution in [0.25, 0.3) is 0 Å². The zero-order valence-electron chi connectivity index (χ0n) is 18.1. The molecule has 0 bridgehead atoms. The summed E-state index contributed by atoms with van der Waals surface area (Å²) in [5.74, 6) is 0.101. The van der Waals surface area contributed by atoms with Crippen molar-refractivity contribution in [2.75, 3.05) is 30.9 Å². The van der Waals surface area contributed by atoms with Crippen LogP contribution in [-0.2, 0) is 10.0 Å². The van der Waals surface area contributed by atoms with Gasteiger partial charge in [0.05, 0.1) is 16.7 Å². The molecule has 1 atom stereocenters. The summed E-state index contributed by atoms with van der Waals surface area (Å²) in [5.41, 5.74) is 1.80. The standard InChI is InChI=1S/C23H28N4O3S/c1-17(2)22(16-24)26-12-14-27(15-13-26)23(28)19-8-10-20(11-9-19)31(29,30)25-21-7-5-4-6-18(21)3/h4-11,17,22,25H,12-15H2,1-3H3. The largest absolute Gasteiger partial charge is 0.336 e. The van der Waals surface area contributed by atoms with Crippen LogP contribution in [0.2, 0.25) is 0 Å². The molecule has 0 aliphatic carbocycles. The highest BCUT2D eigenvalue weighted by molar-refractivity contribution is 7.92. The zero-order valence-corrected chi connectivity index (χ0v) is 18.9. The van der Waals surface area contributed by atoms with Gasteiger partial charge in [0.25, 0.3) is 15.9 Å². The lowest BCUT2D eigenvalue weighted by molar-refractivity contribution is 0.0576. The van der Waals surface area contributed by atoms with Crippen LogP contribution in [-0.4, -0.2) is 56.3 Å². The van der Waals surface area contributed by atoms with Crippen LogP contribution < -0.4 is 4.72 Å². The van der Waals surface area contributed by atoms with Gasteiger partial charge in [-0.2, -0.15) is 5.26 Å². The van der Waals surface area contributed by atoms with Crippen molar-refractivity contribution in [2.45, 2.75) is 31.7 Å². The predicted molar refractivity (Wildman–Crippen MR) is 120 cm³/mol. The normalized spacial score (nSPS) is 16.0. The minimum absolute atomic E-state index is 0.103. The second-order valence-corrected chi connectivity index (χ2v) is 9.77. The number of hydrogen-bond acceptors (Lipinski definition) is 5. The average Bonchev–Trinajstić information content (AvgIpc) is 2.75. The van der Waals surface area contributed by atoms with Gasteiger partial charge < -0.3 is 4.90 Å². The molecule has 1 aliphatic rings. The van der Waals surface area contributed by atoms with Gasteiger partial charge in [-0.15, -0.1) is 0 Å². The highest BCUT2D eigenvalue weighted by atomic mass is 32.2. The quantitative estimate of drug-likeness (QED) is 0.745. The van der Waals surface area contributed by atoms with E-state index in [9.17, 15) is 18.5 Å². The molecule has 0 spiro atoms. The van der Waals surface area contributed by atoms with E-state index in [0.29, 0.717) is 37.4 Å². The highest BCUT2D eigenvalue weighted by Crippen LogP contribution is 2.20. The molecule has 1 fully saturated rings. The van der Waals surface area contributed by atoms with E-state index in [1.165, 1.54) is 12.1 Å². The molecule has 7 nitrogen and oxygen atoms in total. The number of nitriles is 1. The predicted octanol–water partition coefficient (Wildman–Crippen LogP) is 3.10. The van der Waals surface area contributed by atoms with Crippen LogP contribution in [0.15, 0.2) is 53.4 Å². The number of nitrogens with one attached hydrogen (secondary N) is 1. The Morgan fingerprint density at radius 2 is 1.65 bits per heavy atom. The first-order valence-electron chi connectivity index (χ1n) is 10.3. The van der Waals surface area contributed by atoms with E-state index in [1.54, 1.807) is 29.2 Å². The van der Waals surface area contributed by atoms with Crippen molar-refractivity contribution in [2.24, 2.45) is 5.92 Å². The monoisotopic (exact) mass is 440 g/mol. The molecule has 2 aromatic rings. The molecule has 164 valence electrons. The summed E-state index contributed by atoms with van der Waals surface area (Å²) in [6.07, 6.45) is 0. The number of carbonyl (C=O) groups excluding carboxylic acids is 1. The molecule has 0 saturated carbocycles. The van der Waals surface area contributed by atoms with Gasteiger partial charge in [-0.25, -0.2) is 8.42 Å². The molecular weight excluding hydrogens is 412 g/mol. The Hall–Kier alpha value is -2.89. The minimum atomic E-state index is -3.74. The lowest BCUT2D eigenvalue weighted by Gasteiger charge is -2.38. The van der Waals surface area contributed by atoms with Gasteiger partial charge in [-0.3, -0.25) is 14.4 Å². The fourth-order valence-corrected chi connectivity index (χ4v) is 4.84. The number of para-hydroxylation sites is 1. The molecule has 1 saturated heterocycles. The van der Waals surface area contributed by atoms with Gasteiger partial charge in [0, 0.05) is 31.7 Å². The summed E-state index contributed by atoms with van der Waals surface area (Å²) in [7, 11) is -3.74. The Labute approximate surface area is 184 Å². The zero-order chi connectivity index (χ0) is 22.6.